The molecule has 0 unspecified atom stereocenters. The Bertz CT molecular complexity index is 589. The molecule has 5 nitrogen and oxygen atoms in total. The summed E-state index contributed by atoms with van der Waals surface area (Å²) in [5.74, 6) is 0.963. The van der Waals surface area contributed by atoms with Crippen molar-refractivity contribution in [2.75, 3.05) is 19.7 Å². The van der Waals surface area contributed by atoms with Gasteiger partial charge in [0.25, 0.3) is 0 Å². The molecule has 0 saturated carbocycles. The van der Waals surface area contributed by atoms with E-state index in [2.05, 4.69) is 11.4 Å². The van der Waals surface area contributed by atoms with Crippen LogP contribution < -0.4 is 10.1 Å². The van der Waals surface area contributed by atoms with Gasteiger partial charge in [0.15, 0.2) is 0 Å². The number of ether oxygens (including phenoxy) is 2. The molecule has 0 radical (unpaired) electrons. The van der Waals surface area contributed by atoms with Gasteiger partial charge in [0.05, 0.1) is 0 Å². The number of hydrogen-bond acceptors (Lipinski definition) is 4. The number of nitrogens with one attached hydrogen (secondary N) is 1. The lowest BCUT2D eigenvalue weighted by atomic mass is 9.99. The van der Waals surface area contributed by atoms with E-state index in [1.807, 2.05) is 32.9 Å². The molecule has 5 heteroatoms. The molecule has 132 valence electrons. The Morgan fingerprint density at radius 3 is 2.92 bits per heavy atom. The van der Waals surface area contributed by atoms with Gasteiger partial charge in [-0.05, 0) is 58.2 Å². The molecule has 24 heavy (non-hydrogen) atoms. The normalized spacial score (nSPS) is 20.6. The first-order valence-electron chi connectivity index (χ1n) is 8.87. The molecule has 0 aliphatic carbocycles. The van der Waals surface area contributed by atoms with E-state index in [4.69, 9.17) is 9.47 Å². The van der Waals surface area contributed by atoms with Crippen molar-refractivity contribution in [3.05, 3.63) is 29.3 Å². The van der Waals surface area contributed by atoms with E-state index < -0.39 is 5.60 Å². The summed E-state index contributed by atoms with van der Waals surface area (Å²) in [5, 5.41) is 3.46. The summed E-state index contributed by atoms with van der Waals surface area (Å²) in [7, 11) is 0. The van der Waals surface area contributed by atoms with Gasteiger partial charge in [0, 0.05) is 24.7 Å². The van der Waals surface area contributed by atoms with Crippen LogP contribution in [-0.4, -0.2) is 42.3 Å². The molecule has 1 saturated heterocycles. The van der Waals surface area contributed by atoms with Gasteiger partial charge in [-0.25, -0.2) is 4.79 Å². The monoisotopic (exact) mass is 332 g/mol. The third kappa shape index (κ3) is 4.20. The van der Waals surface area contributed by atoms with E-state index >= 15 is 0 Å². The van der Waals surface area contributed by atoms with E-state index in [-0.39, 0.29) is 6.09 Å². The molecule has 0 spiro atoms. The summed E-state index contributed by atoms with van der Waals surface area (Å²) < 4.78 is 11.6. The quantitative estimate of drug-likeness (QED) is 0.924. The van der Waals surface area contributed by atoms with Gasteiger partial charge in [-0.2, -0.15) is 0 Å². The minimum atomic E-state index is -0.462. The van der Waals surface area contributed by atoms with Crippen LogP contribution in [0, 0.1) is 0 Å². The van der Waals surface area contributed by atoms with Crippen LogP contribution in [0.5, 0.6) is 5.75 Å². The molecule has 1 atom stereocenters. The molecular weight excluding hydrogens is 304 g/mol. The topological polar surface area (TPSA) is 50.8 Å². The Morgan fingerprint density at radius 1 is 1.38 bits per heavy atom. The van der Waals surface area contributed by atoms with Crippen molar-refractivity contribution in [2.45, 2.75) is 58.2 Å². The lowest BCUT2D eigenvalue weighted by molar-refractivity contribution is 0.0223. The largest absolute Gasteiger partial charge is 0.492 e. The second-order valence-corrected chi connectivity index (χ2v) is 7.65. The smallest absolute Gasteiger partial charge is 0.410 e. The van der Waals surface area contributed by atoms with Gasteiger partial charge in [-0.3, -0.25) is 0 Å². The fourth-order valence-electron chi connectivity index (χ4n) is 3.28. The second kappa shape index (κ2) is 7.01. The molecule has 2 aliphatic rings. The van der Waals surface area contributed by atoms with Crippen molar-refractivity contribution in [3.8, 4) is 5.75 Å². The second-order valence-electron chi connectivity index (χ2n) is 7.65. The van der Waals surface area contributed by atoms with Gasteiger partial charge in [-0.15, -0.1) is 0 Å². The summed E-state index contributed by atoms with van der Waals surface area (Å²) in [6.45, 7) is 8.74. The van der Waals surface area contributed by atoms with Crippen LogP contribution in [0.3, 0.4) is 0 Å². The summed E-state index contributed by atoms with van der Waals surface area (Å²) in [6.07, 6.45) is 2.98. The Morgan fingerprint density at radius 2 is 2.21 bits per heavy atom. The molecule has 2 heterocycles. The zero-order chi connectivity index (χ0) is 17.2. The SMILES string of the molecule is CC(C)(C)OC(=O)N1CCc2c(cccc2OC[C@H]2CCCN2)C1. The molecule has 0 aromatic heterocycles. The molecule has 1 amide bonds. The number of nitrogens with zero attached hydrogens (tertiary/aromatic N) is 1. The predicted octanol–water partition coefficient (Wildman–Crippen LogP) is 3.11. The first-order valence-corrected chi connectivity index (χ1v) is 8.87. The van der Waals surface area contributed by atoms with Crippen LogP contribution >= 0.6 is 0 Å². The molecule has 1 aromatic rings. The summed E-state index contributed by atoms with van der Waals surface area (Å²) in [5.41, 5.74) is 1.93. The van der Waals surface area contributed by atoms with Crippen LogP contribution in [0.2, 0.25) is 0 Å². The van der Waals surface area contributed by atoms with E-state index in [1.165, 1.54) is 18.4 Å². The summed E-state index contributed by atoms with van der Waals surface area (Å²) in [4.78, 5) is 14.0. The predicted molar refractivity (Wildman–Crippen MR) is 93.3 cm³/mol. The maximum absolute atomic E-state index is 12.3. The average molecular weight is 332 g/mol. The van der Waals surface area contributed by atoms with Gasteiger partial charge >= 0.3 is 6.09 Å². The third-order valence-corrected chi connectivity index (χ3v) is 4.48. The van der Waals surface area contributed by atoms with E-state index in [9.17, 15) is 4.79 Å². The fourth-order valence-corrected chi connectivity index (χ4v) is 3.28. The first-order chi connectivity index (χ1) is 11.4. The zero-order valence-electron chi connectivity index (χ0n) is 14.9. The Hall–Kier alpha value is -1.75. The Kier molecular flexibility index (Phi) is 4.99. The molecule has 1 aromatic carbocycles. The van der Waals surface area contributed by atoms with Crippen LogP contribution in [0.4, 0.5) is 4.79 Å². The van der Waals surface area contributed by atoms with Crippen molar-refractivity contribution in [3.63, 3.8) is 0 Å². The van der Waals surface area contributed by atoms with Crippen LogP contribution in [0.1, 0.15) is 44.7 Å². The minimum absolute atomic E-state index is 0.241. The van der Waals surface area contributed by atoms with Crippen molar-refractivity contribution in [1.29, 1.82) is 0 Å². The van der Waals surface area contributed by atoms with Crippen LogP contribution in [-0.2, 0) is 17.7 Å². The maximum Gasteiger partial charge on any atom is 0.410 e. The van der Waals surface area contributed by atoms with Crippen LogP contribution in [0.25, 0.3) is 0 Å². The molecule has 2 aliphatic heterocycles. The van der Waals surface area contributed by atoms with Crippen molar-refractivity contribution >= 4 is 6.09 Å². The number of hydrogen-bond donors (Lipinski definition) is 1. The van der Waals surface area contributed by atoms with Gasteiger partial charge < -0.3 is 19.7 Å². The summed E-state index contributed by atoms with van der Waals surface area (Å²) in [6, 6.07) is 6.58. The first kappa shape index (κ1) is 17.1. The van der Waals surface area contributed by atoms with E-state index in [0.29, 0.717) is 25.7 Å². The van der Waals surface area contributed by atoms with Crippen molar-refractivity contribution < 1.29 is 14.3 Å². The average Bonchev–Trinajstić information content (AvgIpc) is 3.04. The number of benzene rings is 1. The number of fused-ring (bicyclic) bond motifs is 1. The highest BCUT2D eigenvalue weighted by molar-refractivity contribution is 5.69. The third-order valence-electron chi connectivity index (χ3n) is 4.48. The molecular formula is C19H28N2O3. The van der Waals surface area contributed by atoms with Gasteiger partial charge in [0.2, 0.25) is 0 Å². The lowest BCUT2D eigenvalue weighted by Crippen LogP contribution is -2.40. The molecule has 3 rings (SSSR count). The zero-order valence-corrected chi connectivity index (χ0v) is 14.9. The number of carbonyl (C=O) groups is 1. The highest BCUT2D eigenvalue weighted by atomic mass is 16.6. The highest BCUT2D eigenvalue weighted by Gasteiger charge is 2.27. The minimum Gasteiger partial charge on any atom is -0.492 e. The number of rotatable bonds is 3. The Balaban J connectivity index is 1.64. The number of amides is 1. The molecule has 1 N–H and O–H groups in total. The highest BCUT2D eigenvalue weighted by Crippen LogP contribution is 2.29. The number of carbonyl (C=O) groups excluding carboxylic acids is 1. The Labute approximate surface area is 144 Å². The van der Waals surface area contributed by atoms with Crippen LogP contribution in [0.15, 0.2) is 18.2 Å². The fraction of sp³-hybridized carbons (Fsp3) is 0.632. The molecule has 1 fully saturated rings. The van der Waals surface area contributed by atoms with Crippen molar-refractivity contribution in [1.82, 2.24) is 10.2 Å². The standard InChI is InChI=1S/C19H28N2O3/c1-19(2,3)24-18(22)21-11-9-16-14(12-21)6-4-8-17(16)23-13-15-7-5-10-20-15/h4,6,8,15,20H,5,7,9-13H2,1-3H3/t15-/m1/s1. The van der Waals surface area contributed by atoms with E-state index in [1.54, 1.807) is 4.90 Å². The summed E-state index contributed by atoms with van der Waals surface area (Å²) >= 11 is 0. The van der Waals surface area contributed by atoms with Gasteiger partial charge in [0.1, 0.15) is 18.0 Å². The van der Waals surface area contributed by atoms with Crippen molar-refractivity contribution in [2.24, 2.45) is 0 Å². The lowest BCUT2D eigenvalue weighted by Gasteiger charge is -2.32. The maximum atomic E-state index is 12.3. The van der Waals surface area contributed by atoms with E-state index in [0.717, 1.165) is 24.3 Å². The van der Waals surface area contributed by atoms with Gasteiger partial charge in [-0.1, -0.05) is 12.1 Å². The molecule has 0 bridgehead atoms.